The maximum atomic E-state index is 13.3. The predicted molar refractivity (Wildman–Crippen MR) is 157 cm³/mol. The lowest BCUT2D eigenvalue weighted by atomic mass is 10.1. The van der Waals surface area contributed by atoms with Crippen LogP contribution in [0.4, 0.5) is 0 Å². The number of ether oxygens (including phenoxy) is 4. The average molecular weight is 599 g/mol. The SMILES string of the molecule is Cc1ccc(C(=O)OC[C@H]2O[C@@H](n3ccc(=O)[nH]c3=O)[C@H](OC(=O)c3ccc(C)cc3)[C@@H]2OC(=O)c2ccc(C)cc2)cc1. The standard InChI is InChI=1S/C33H30N2O9/c1-19-4-10-22(11-5-19)30(37)41-18-25-27(43-31(38)23-12-6-20(2)7-13-23)28(44-32(39)24-14-8-21(3)9-15-24)29(42-25)35-17-16-26(36)34-33(35)40/h4-17,25,27-29H,18H2,1-3H3,(H,34,36,40)/t25-,27-,28-,29-/m1/s1. The highest BCUT2D eigenvalue weighted by atomic mass is 16.7. The number of aromatic nitrogens is 2. The molecule has 1 aromatic heterocycles. The zero-order valence-corrected chi connectivity index (χ0v) is 24.2. The van der Waals surface area contributed by atoms with Gasteiger partial charge in [-0.3, -0.25) is 14.3 Å². The van der Waals surface area contributed by atoms with Crippen molar-refractivity contribution in [1.82, 2.24) is 9.55 Å². The van der Waals surface area contributed by atoms with E-state index in [0.29, 0.717) is 0 Å². The number of hydrogen-bond acceptors (Lipinski definition) is 9. The Balaban J connectivity index is 1.50. The summed E-state index contributed by atoms with van der Waals surface area (Å²) in [4.78, 5) is 66.2. The molecular formula is C33H30N2O9. The van der Waals surface area contributed by atoms with Crippen LogP contribution in [0.5, 0.6) is 0 Å². The van der Waals surface area contributed by atoms with Crippen molar-refractivity contribution in [1.29, 1.82) is 0 Å². The fraction of sp³-hybridized carbons (Fsp3) is 0.242. The van der Waals surface area contributed by atoms with Gasteiger partial charge in [0.2, 0.25) is 0 Å². The van der Waals surface area contributed by atoms with Gasteiger partial charge in [-0.15, -0.1) is 0 Å². The summed E-state index contributed by atoms with van der Waals surface area (Å²) in [5.74, 6) is -2.18. The number of carbonyl (C=O) groups excluding carboxylic acids is 3. The Kier molecular flexibility index (Phi) is 8.86. The van der Waals surface area contributed by atoms with Crippen LogP contribution in [0.2, 0.25) is 0 Å². The van der Waals surface area contributed by atoms with E-state index in [9.17, 15) is 24.0 Å². The van der Waals surface area contributed by atoms with Crippen LogP contribution in [0.1, 0.15) is 54.0 Å². The molecule has 5 rings (SSSR count). The van der Waals surface area contributed by atoms with Gasteiger partial charge in [-0.25, -0.2) is 19.2 Å². The van der Waals surface area contributed by atoms with Gasteiger partial charge >= 0.3 is 23.6 Å². The highest BCUT2D eigenvalue weighted by molar-refractivity contribution is 5.91. The lowest BCUT2D eigenvalue weighted by Crippen LogP contribution is -2.43. The van der Waals surface area contributed by atoms with Gasteiger partial charge in [-0.05, 0) is 57.2 Å². The molecule has 0 unspecified atom stereocenters. The number of H-pyrrole nitrogens is 1. The van der Waals surface area contributed by atoms with Gasteiger partial charge in [0.15, 0.2) is 18.4 Å². The van der Waals surface area contributed by atoms with E-state index in [-0.39, 0.29) is 16.7 Å². The average Bonchev–Trinajstić information content (AvgIpc) is 3.32. The molecule has 0 radical (unpaired) electrons. The van der Waals surface area contributed by atoms with Crippen molar-refractivity contribution in [3.63, 3.8) is 0 Å². The molecule has 0 spiro atoms. The van der Waals surface area contributed by atoms with Crippen LogP contribution >= 0.6 is 0 Å². The molecule has 0 aliphatic carbocycles. The van der Waals surface area contributed by atoms with E-state index >= 15 is 0 Å². The minimum atomic E-state index is -1.38. The van der Waals surface area contributed by atoms with Gasteiger partial charge < -0.3 is 18.9 Å². The van der Waals surface area contributed by atoms with Gasteiger partial charge in [-0.1, -0.05) is 53.1 Å². The summed E-state index contributed by atoms with van der Waals surface area (Å²) in [5, 5.41) is 0. The largest absolute Gasteiger partial charge is 0.459 e. The zero-order valence-electron chi connectivity index (χ0n) is 24.2. The predicted octanol–water partition coefficient (Wildman–Crippen LogP) is 3.67. The van der Waals surface area contributed by atoms with Gasteiger partial charge in [0.1, 0.15) is 12.7 Å². The molecule has 0 saturated carbocycles. The van der Waals surface area contributed by atoms with Crippen molar-refractivity contribution in [2.75, 3.05) is 6.61 Å². The van der Waals surface area contributed by atoms with E-state index in [4.69, 9.17) is 18.9 Å². The first-order valence-corrected chi connectivity index (χ1v) is 13.8. The van der Waals surface area contributed by atoms with E-state index in [1.165, 1.54) is 6.20 Å². The van der Waals surface area contributed by atoms with Crippen LogP contribution in [0.3, 0.4) is 0 Å². The monoisotopic (exact) mass is 598 g/mol. The third-order valence-corrected chi connectivity index (χ3v) is 7.14. The Bertz CT molecular complexity index is 1770. The second-order valence-electron chi connectivity index (χ2n) is 10.5. The minimum absolute atomic E-state index is 0.209. The number of esters is 3. The second-order valence-corrected chi connectivity index (χ2v) is 10.5. The van der Waals surface area contributed by atoms with Crippen LogP contribution in [-0.4, -0.2) is 52.4 Å². The molecule has 2 heterocycles. The number of carbonyl (C=O) groups is 3. The smallest absolute Gasteiger partial charge is 0.338 e. The normalized spacial score (nSPS) is 19.2. The summed E-state index contributed by atoms with van der Waals surface area (Å²) in [6.45, 7) is 5.20. The highest BCUT2D eigenvalue weighted by Crippen LogP contribution is 2.34. The molecular weight excluding hydrogens is 568 g/mol. The quantitative estimate of drug-likeness (QED) is 0.237. The maximum absolute atomic E-state index is 13.3. The van der Waals surface area contributed by atoms with Gasteiger partial charge in [-0.2, -0.15) is 0 Å². The number of aryl methyl sites for hydroxylation is 3. The molecule has 3 aromatic carbocycles. The maximum Gasteiger partial charge on any atom is 0.338 e. The van der Waals surface area contributed by atoms with Gasteiger partial charge in [0.25, 0.3) is 5.56 Å². The molecule has 0 bridgehead atoms. The van der Waals surface area contributed by atoms with Crippen LogP contribution < -0.4 is 11.2 Å². The highest BCUT2D eigenvalue weighted by Gasteiger charge is 2.51. The molecule has 1 aliphatic rings. The number of hydrogen-bond donors (Lipinski definition) is 1. The first-order valence-electron chi connectivity index (χ1n) is 13.8. The number of nitrogens with zero attached hydrogens (tertiary/aromatic N) is 1. The molecule has 4 aromatic rings. The molecule has 1 N–H and O–H groups in total. The van der Waals surface area contributed by atoms with Crippen LogP contribution in [-0.2, 0) is 18.9 Å². The van der Waals surface area contributed by atoms with Crippen molar-refractivity contribution in [3.05, 3.63) is 139 Å². The Hall–Kier alpha value is -5.29. The summed E-state index contributed by atoms with van der Waals surface area (Å²) in [6.07, 6.45) is -4.05. The minimum Gasteiger partial charge on any atom is -0.459 e. The van der Waals surface area contributed by atoms with E-state index in [1.54, 1.807) is 72.8 Å². The Morgan fingerprint density at radius 3 is 1.61 bits per heavy atom. The van der Waals surface area contributed by atoms with Gasteiger partial charge in [0, 0.05) is 12.3 Å². The molecule has 1 fully saturated rings. The fourth-order valence-electron chi connectivity index (χ4n) is 4.66. The van der Waals surface area contributed by atoms with Crippen molar-refractivity contribution in [2.45, 2.75) is 45.3 Å². The summed E-state index contributed by atoms with van der Waals surface area (Å²) in [5.41, 5.74) is 2.02. The molecule has 44 heavy (non-hydrogen) atoms. The Labute approximate surface area is 252 Å². The van der Waals surface area contributed by atoms with E-state index in [2.05, 4.69) is 4.98 Å². The molecule has 226 valence electrons. The van der Waals surface area contributed by atoms with Crippen LogP contribution in [0.25, 0.3) is 0 Å². The van der Waals surface area contributed by atoms with Gasteiger partial charge in [0.05, 0.1) is 16.7 Å². The third-order valence-electron chi connectivity index (χ3n) is 7.14. The Morgan fingerprint density at radius 2 is 1.14 bits per heavy atom. The van der Waals surface area contributed by atoms with Crippen molar-refractivity contribution in [2.24, 2.45) is 0 Å². The molecule has 4 atom stereocenters. The zero-order chi connectivity index (χ0) is 31.4. The Morgan fingerprint density at radius 1 is 0.682 bits per heavy atom. The second kappa shape index (κ2) is 12.9. The fourth-order valence-corrected chi connectivity index (χ4v) is 4.66. The number of nitrogens with one attached hydrogen (secondary N) is 1. The molecule has 11 nitrogen and oxygen atoms in total. The first-order chi connectivity index (χ1) is 21.1. The third kappa shape index (κ3) is 6.84. The summed E-state index contributed by atoms with van der Waals surface area (Å²) >= 11 is 0. The van der Waals surface area contributed by atoms with Crippen molar-refractivity contribution in [3.8, 4) is 0 Å². The number of aromatic amines is 1. The molecule has 1 saturated heterocycles. The van der Waals surface area contributed by atoms with E-state index in [0.717, 1.165) is 27.3 Å². The molecule has 11 heteroatoms. The topological polar surface area (TPSA) is 143 Å². The molecule has 1 aliphatic heterocycles. The van der Waals surface area contributed by atoms with E-state index < -0.39 is 60.3 Å². The summed E-state index contributed by atoms with van der Waals surface area (Å²) in [7, 11) is 0. The van der Waals surface area contributed by atoms with Crippen LogP contribution in [0, 0.1) is 20.8 Å². The van der Waals surface area contributed by atoms with Crippen molar-refractivity contribution < 1.29 is 33.3 Å². The molecule has 0 amide bonds. The lowest BCUT2D eigenvalue weighted by molar-refractivity contribution is -0.0640. The summed E-state index contributed by atoms with van der Waals surface area (Å²) < 4.78 is 24.4. The number of rotatable bonds is 8. The van der Waals surface area contributed by atoms with Crippen molar-refractivity contribution >= 4 is 17.9 Å². The van der Waals surface area contributed by atoms with Crippen LogP contribution in [0.15, 0.2) is 94.6 Å². The summed E-state index contributed by atoms with van der Waals surface area (Å²) in [6, 6.07) is 21.1. The first kappa shape index (κ1) is 30.2. The number of benzene rings is 3. The van der Waals surface area contributed by atoms with E-state index in [1.807, 2.05) is 20.8 Å². The lowest BCUT2D eigenvalue weighted by Gasteiger charge is -2.25.